The summed E-state index contributed by atoms with van der Waals surface area (Å²) in [7, 11) is 0. The third kappa shape index (κ3) is 3.38. The van der Waals surface area contributed by atoms with Crippen molar-refractivity contribution in [2.24, 2.45) is 0 Å². The molecule has 1 aromatic heterocycles. The quantitative estimate of drug-likeness (QED) is 0.788. The Balaban J connectivity index is 1.63. The van der Waals surface area contributed by atoms with Gasteiger partial charge in [-0.15, -0.1) is 5.10 Å². The minimum Gasteiger partial charge on any atom is -0.294 e. The van der Waals surface area contributed by atoms with Crippen LogP contribution in [0.15, 0.2) is 36.5 Å². The molecule has 3 rings (SSSR count). The van der Waals surface area contributed by atoms with Crippen molar-refractivity contribution in [1.82, 2.24) is 15.0 Å². The molecule has 0 aliphatic heterocycles. The maximum Gasteiger partial charge on any atom is 0.163 e. The normalized spacial score (nSPS) is 16.0. The molecule has 2 aromatic rings. The van der Waals surface area contributed by atoms with Crippen LogP contribution in [0.25, 0.3) is 0 Å². The van der Waals surface area contributed by atoms with Crippen LogP contribution in [0.1, 0.15) is 60.6 Å². The third-order valence-corrected chi connectivity index (χ3v) is 4.27. The second-order valence-corrected chi connectivity index (χ2v) is 5.75. The van der Waals surface area contributed by atoms with Crippen LogP contribution in [-0.2, 0) is 6.42 Å². The van der Waals surface area contributed by atoms with Crippen LogP contribution in [0.3, 0.4) is 0 Å². The van der Waals surface area contributed by atoms with Crippen molar-refractivity contribution in [3.05, 3.63) is 47.8 Å². The molecule has 1 saturated carbocycles. The average Bonchev–Trinajstić information content (AvgIpc) is 3.03. The van der Waals surface area contributed by atoms with Crippen molar-refractivity contribution in [2.75, 3.05) is 0 Å². The van der Waals surface area contributed by atoms with Crippen LogP contribution < -0.4 is 0 Å². The van der Waals surface area contributed by atoms with E-state index >= 15 is 0 Å². The van der Waals surface area contributed by atoms with E-state index in [2.05, 4.69) is 15.0 Å². The van der Waals surface area contributed by atoms with Crippen molar-refractivity contribution >= 4 is 5.78 Å². The molecule has 4 nitrogen and oxygen atoms in total. The van der Waals surface area contributed by atoms with Crippen molar-refractivity contribution < 1.29 is 4.79 Å². The zero-order chi connectivity index (χ0) is 14.5. The predicted molar refractivity (Wildman–Crippen MR) is 81.2 cm³/mol. The number of aromatic nitrogens is 3. The maximum atomic E-state index is 12.2. The predicted octanol–water partition coefficient (Wildman–Crippen LogP) is 3.60. The Hall–Kier alpha value is -1.97. The van der Waals surface area contributed by atoms with Gasteiger partial charge in [0, 0.05) is 12.0 Å². The largest absolute Gasteiger partial charge is 0.294 e. The molecule has 1 aliphatic carbocycles. The first-order valence-corrected chi connectivity index (χ1v) is 7.82. The zero-order valence-corrected chi connectivity index (χ0v) is 12.2. The molecule has 1 fully saturated rings. The van der Waals surface area contributed by atoms with Gasteiger partial charge in [-0.2, -0.15) is 0 Å². The summed E-state index contributed by atoms with van der Waals surface area (Å²) >= 11 is 0. The van der Waals surface area contributed by atoms with Crippen LogP contribution >= 0.6 is 0 Å². The second kappa shape index (κ2) is 6.66. The summed E-state index contributed by atoms with van der Waals surface area (Å²) in [5.41, 5.74) is 1.88. The molecule has 0 bridgehead atoms. The summed E-state index contributed by atoms with van der Waals surface area (Å²) in [6.07, 6.45) is 9.28. The highest BCUT2D eigenvalue weighted by Gasteiger charge is 2.19. The Bertz CT molecular complexity index is 585. The molecule has 110 valence electrons. The molecule has 0 atom stereocenters. The highest BCUT2D eigenvalue weighted by atomic mass is 16.1. The lowest BCUT2D eigenvalue weighted by Crippen LogP contribution is -2.17. The van der Waals surface area contributed by atoms with Gasteiger partial charge >= 0.3 is 0 Å². The van der Waals surface area contributed by atoms with E-state index in [4.69, 9.17) is 0 Å². The fraction of sp³-hybridized carbons (Fsp3) is 0.471. The molecule has 0 N–H and O–H groups in total. The Morgan fingerprint density at radius 3 is 2.67 bits per heavy atom. The van der Waals surface area contributed by atoms with E-state index in [1.807, 2.05) is 36.5 Å². The summed E-state index contributed by atoms with van der Waals surface area (Å²) in [6, 6.07) is 9.96. The zero-order valence-electron chi connectivity index (χ0n) is 12.2. The van der Waals surface area contributed by atoms with E-state index in [9.17, 15) is 4.79 Å². The van der Waals surface area contributed by atoms with Gasteiger partial charge in [-0.3, -0.25) is 4.79 Å². The molecule has 1 aromatic carbocycles. The van der Waals surface area contributed by atoms with E-state index in [1.165, 1.54) is 32.1 Å². The van der Waals surface area contributed by atoms with Crippen LogP contribution in [0.2, 0.25) is 0 Å². The van der Waals surface area contributed by atoms with E-state index in [0.717, 1.165) is 17.7 Å². The molecular weight excluding hydrogens is 262 g/mol. The van der Waals surface area contributed by atoms with Gasteiger partial charge in [0.1, 0.15) is 0 Å². The molecular formula is C17H21N3O. The highest BCUT2D eigenvalue weighted by Crippen LogP contribution is 2.28. The first kappa shape index (κ1) is 14.0. The van der Waals surface area contributed by atoms with Gasteiger partial charge < -0.3 is 0 Å². The average molecular weight is 283 g/mol. The monoisotopic (exact) mass is 283 g/mol. The fourth-order valence-electron chi connectivity index (χ4n) is 3.09. The smallest absolute Gasteiger partial charge is 0.163 e. The molecule has 1 aliphatic rings. The number of rotatable bonds is 5. The lowest BCUT2D eigenvalue weighted by Gasteiger charge is -2.23. The maximum absolute atomic E-state index is 12.2. The second-order valence-electron chi connectivity index (χ2n) is 5.75. The standard InChI is InChI=1S/C17H21N3O/c21-17(14-7-3-1-4-8-14)12-11-16-13-18-19-20(16)15-9-5-2-6-10-15/h1,3-4,7-8,13,15H,2,5-6,9-12H2. The molecule has 0 spiro atoms. The van der Waals surface area contributed by atoms with Gasteiger partial charge in [0.25, 0.3) is 0 Å². The summed E-state index contributed by atoms with van der Waals surface area (Å²) < 4.78 is 2.05. The van der Waals surface area contributed by atoms with Crippen LogP contribution in [-0.4, -0.2) is 20.8 Å². The van der Waals surface area contributed by atoms with Crippen molar-refractivity contribution in [3.63, 3.8) is 0 Å². The van der Waals surface area contributed by atoms with E-state index in [1.54, 1.807) is 0 Å². The number of nitrogens with zero attached hydrogens (tertiary/aromatic N) is 3. The minimum atomic E-state index is 0.187. The number of carbonyl (C=O) groups excluding carboxylic acids is 1. The van der Waals surface area contributed by atoms with Crippen LogP contribution in [0.4, 0.5) is 0 Å². The number of ketones is 1. The van der Waals surface area contributed by atoms with Crippen molar-refractivity contribution in [1.29, 1.82) is 0 Å². The molecule has 4 heteroatoms. The molecule has 21 heavy (non-hydrogen) atoms. The molecule has 1 heterocycles. The SMILES string of the molecule is O=C(CCc1cnnn1C1CCCCC1)c1ccccc1. The number of hydrogen-bond donors (Lipinski definition) is 0. The number of Topliss-reactive ketones (excluding diaryl/α,β-unsaturated/α-hetero) is 1. The topological polar surface area (TPSA) is 47.8 Å². The molecule has 0 saturated heterocycles. The van der Waals surface area contributed by atoms with Gasteiger partial charge in [-0.05, 0) is 19.3 Å². The van der Waals surface area contributed by atoms with Crippen molar-refractivity contribution in [2.45, 2.75) is 51.0 Å². The number of aryl methyl sites for hydroxylation is 1. The van der Waals surface area contributed by atoms with Crippen LogP contribution in [0.5, 0.6) is 0 Å². The van der Waals surface area contributed by atoms with E-state index in [-0.39, 0.29) is 5.78 Å². The van der Waals surface area contributed by atoms with Crippen LogP contribution in [0, 0.1) is 0 Å². The number of hydrogen-bond acceptors (Lipinski definition) is 3. The summed E-state index contributed by atoms with van der Waals surface area (Å²) in [5.74, 6) is 0.187. The van der Waals surface area contributed by atoms with E-state index in [0.29, 0.717) is 12.5 Å². The Kier molecular flexibility index (Phi) is 4.43. The lowest BCUT2D eigenvalue weighted by molar-refractivity contribution is 0.0982. The van der Waals surface area contributed by atoms with Crippen molar-refractivity contribution in [3.8, 4) is 0 Å². The first-order valence-electron chi connectivity index (χ1n) is 7.82. The highest BCUT2D eigenvalue weighted by molar-refractivity contribution is 5.96. The minimum absolute atomic E-state index is 0.187. The fourth-order valence-corrected chi connectivity index (χ4v) is 3.09. The van der Waals surface area contributed by atoms with Gasteiger partial charge in [-0.25, -0.2) is 4.68 Å². The van der Waals surface area contributed by atoms with Gasteiger partial charge in [0.15, 0.2) is 5.78 Å². The van der Waals surface area contributed by atoms with Gasteiger partial charge in [-0.1, -0.05) is 54.8 Å². The van der Waals surface area contributed by atoms with Gasteiger partial charge in [0.2, 0.25) is 0 Å². The van der Waals surface area contributed by atoms with E-state index < -0.39 is 0 Å². The third-order valence-electron chi connectivity index (χ3n) is 4.27. The Labute approximate surface area is 125 Å². The number of carbonyl (C=O) groups is 1. The lowest BCUT2D eigenvalue weighted by atomic mass is 9.95. The molecule has 0 radical (unpaired) electrons. The number of benzene rings is 1. The van der Waals surface area contributed by atoms with Gasteiger partial charge in [0.05, 0.1) is 17.9 Å². The Morgan fingerprint density at radius 1 is 1.14 bits per heavy atom. The summed E-state index contributed by atoms with van der Waals surface area (Å²) in [6.45, 7) is 0. The summed E-state index contributed by atoms with van der Waals surface area (Å²) in [5, 5.41) is 8.30. The summed E-state index contributed by atoms with van der Waals surface area (Å²) in [4.78, 5) is 12.2. The first-order chi connectivity index (χ1) is 10.3. The molecule has 0 amide bonds. The molecule has 0 unspecified atom stereocenters. The Morgan fingerprint density at radius 2 is 1.90 bits per heavy atom.